The molecule has 0 bridgehead atoms. The quantitative estimate of drug-likeness (QED) is 0.450. The van der Waals surface area contributed by atoms with E-state index < -0.39 is 0 Å². The van der Waals surface area contributed by atoms with E-state index in [2.05, 4.69) is 0 Å². The van der Waals surface area contributed by atoms with Gasteiger partial charge in [-0.25, -0.2) is 0 Å². The zero-order valence-corrected chi connectivity index (χ0v) is 3.75. The summed E-state index contributed by atoms with van der Waals surface area (Å²) < 4.78 is 0. The van der Waals surface area contributed by atoms with Gasteiger partial charge in [0.15, 0.2) is 0 Å². The predicted molar refractivity (Wildman–Crippen MR) is 23.2 cm³/mol. The van der Waals surface area contributed by atoms with Crippen LogP contribution in [0.2, 0.25) is 0 Å². The highest BCUT2D eigenvalue weighted by molar-refractivity contribution is 8.05. The summed E-state index contributed by atoms with van der Waals surface area (Å²) in [6.07, 6.45) is 0. The second kappa shape index (κ2) is 3.84. The SMILES string of the molecule is C[CH]SC#N. The number of thiocyanates is 1. The van der Waals surface area contributed by atoms with Crippen LogP contribution >= 0.6 is 11.8 Å². The van der Waals surface area contributed by atoms with E-state index in [1.165, 1.54) is 0 Å². The zero-order valence-electron chi connectivity index (χ0n) is 2.93. The number of thioether (sulfide) groups is 1. The van der Waals surface area contributed by atoms with Gasteiger partial charge in [-0.3, -0.25) is 0 Å². The molecular formula is C3H4NS. The van der Waals surface area contributed by atoms with Gasteiger partial charge in [-0.2, -0.15) is 5.26 Å². The largest absolute Gasteiger partial charge is 0.185 e. The molecular weight excluding hydrogens is 82.1 g/mol. The predicted octanol–water partition coefficient (Wildman–Crippen LogP) is 1.38. The van der Waals surface area contributed by atoms with E-state index in [9.17, 15) is 0 Å². The van der Waals surface area contributed by atoms with Gasteiger partial charge in [0.25, 0.3) is 0 Å². The molecule has 0 rings (SSSR count). The molecule has 27 valence electrons. The normalized spacial score (nSPS) is 6.40. The number of rotatable bonds is 1. The van der Waals surface area contributed by atoms with E-state index in [-0.39, 0.29) is 0 Å². The zero-order chi connectivity index (χ0) is 4.12. The monoisotopic (exact) mass is 86.0 g/mol. The minimum Gasteiger partial charge on any atom is -0.185 e. The van der Waals surface area contributed by atoms with Crippen molar-refractivity contribution < 1.29 is 0 Å². The summed E-state index contributed by atoms with van der Waals surface area (Å²) in [4.78, 5) is 0. The van der Waals surface area contributed by atoms with Gasteiger partial charge in [-0.15, -0.1) is 0 Å². The van der Waals surface area contributed by atoms with Crippen molar-refractivity contribution in [1.82, 2.24) is 0 Å². The molecule has 0 N–H and O–H groups in total. The van der Waals surface area contributed by atoms with Gasteiger partial charge in [-0.1, -0.05) is 6.92 Å². The van der Waals surface area contributed by atoms with E-state index in [0.717, 1.165) is 11.8 Å². The maximum atomic E-state index is 7.75. The van der Waals surface area contributed by atoms with Gasteiger partial charge in [0, 0.05) is 5.75 Å². The van der Waals surface area contributed by atoms with Crippen LogP contribution in [0.4, 0.5) is 0 Å². The van der Waals surface area contributed by atoms with E-state index in [1.807, 2.05) is 12.3 Å². The lowest BCUT2D eigenvalue weighted by Crippen LogP contribution is -1.40. The standard InChI is InChI=1S/C3H4NS/c1-2-5-3-4/h2H,1H3. The van der Waals surface area contributed by atoms with Crippen LogP contribution in [-0.4, -0.2) is 0 Å². The van der Waals surface area contributed by atoms with Crippen molar-refractivity contribution in [3.8, 4) is 5.40 Å². The van der Waals surface area contributed by atoms with Crippen molar-refractivity contribution in [2.75, 3.05) is 0 Å². The lowest BCUT2D eigenvalue weighted by molar-refractivity contribution is 1.57. The first kappa shape index (κ1) is 4.84. The van der Waals surface area contributed by atoms with Crippen LogP contribution in [0.15, 0.2) is 0 Å². The first-order valence-electron chi connectivity index (χ1n) is 1.24. The van der Waals surface area contributed by atoms with Gasteiger partial charge in [0.05, 0.1) is 0 Å². The van der Waals surface area contributed by atoms with Crippen LogP contribution in [0.3, 0.4) is 0 Å². The number of nitriles is 1. The van der Waals surface area contributed by atoms with Crippen LogP contribution < -0.4 is 0 Å². The van der Waals surface area contributed by atoms with Gasteiger partial charge < -0.3 is 0 Å². The van der Waals surface area contributed by atoms with Crippen molar-refractivity contribution in [2.45, 2.75) is 6.92 Å². The Balaban J connectivity index is 2.48. The van der Waals surface area contributed by atoms with E-state index >= 15 is 0 Å². The summed E-state index contributed by atoms with van der Waals surface area (Å²) in [6, 6.07) is 0. The van der Waals surface area contributed by atoms with Crippen molar-refractivity contribution >= 4 is 11.8 Å². The first-order chi connectivity index (χ1) is 2.41. The van der Waals surface area contributed by atoms with E-state index in [1.54, 1.807) is 5.75 Å². The van der Waals surface area contributed by atoms with Crippen molar-refractivity contribution in [1.29, 1.82) is 5.26 Å². The van der Waals surface area contributed by atoms with Crippen molar-refractivity contribution in [3.63, 3.8) is 0 Å². The molecule has 1 radical (unpaired) electrons. The molecule has 0 atom stereocenters. The highest BCUT2D eigenvalue weighted by Crippen LogP contribution is 1.96. The molecule has 0 aromatic rings. The van der Waals surface area contributed by atoms with Crippen LogP contribution in [0, 0.1) is 16.4 Å². The molecule has 0 unspecified atom stereocenters. The average molecular weight is 86.1 g/mol. The minimum absolute atomic E-state index is 1.14. The molecule has 2 heteroatoms. The summed E-state index contributed by atoms with van der Waals surface area (Å²) in [5.41, 5.74) is 0. The molecule has 0 saturated heterocycles. The third-order valence-electron chi connectivity index (χ3n) is 0.171. The molecule has 0 fully saturated rings. The van der Waals surface area contributed by atoms with E-state index in [4.69, 9.17) is 5.26 Å². The highest BCUT2D eigenvalue weighted by Gasteiger charge is 1.66. The third-order valence-corrected chi connectivity index (χ3v) is 0.512. The molecule has 0 aromatic heterocycles. The minimum atomic E-state index is 1.14. The fraction of sp³-hybridized carbons (Fsp3) is 0.333. The summed E-state index contributed by atoms with van der Waals surface area (Å²) in [6.45, 7) is 1.83. The average Bonchev–Trinajstić information content (AvgIpc) is 1.41. The summed E-state index contributed by atoms with van der Waals surface area (Å²) in [5, 5.41) is 9.63. The second-order valence-electron chi connectivity index (χ2n) is 0.445. The molecule has 0 spiro atoms. The lowest BCUT2D eigenvalue weighted by atomic mass is 11.0. The first-order valence-corrected chi connectivity index (χ1v) is 2.12. The Morgan fingerprint density at radius 1 is 2.00 bits per heavy atom. The summed E-state index contributed by atoms with van der Waals surface area (Å²) in [5.74, 6) is 1.74. The van der Waals surface area contributed by atoms with Gasteiger partial charge in [0.1, 0.15) is 5.40 Å². The fourth-order valence-electron chi connectivity index (χ4n) is 0.0527. The maximum absolute atomic E-state index is 7.75. The molecule has 0 heterocycles. The third kappa shape index (κ3) is 3.84. The Hall–Kier alpha value is -0.160. The smallest absolute Gasteiger partial charge is 0.133 e. The Morgan fingerprint density at radius 3 is 2.60 bits per heavy atom. The van der Waals surface area contributed by atoms with E-state index in [0.29, 0.717) is 0 Å². The Morgan fingerprint density at radius 2 is 2.60 bits per heavy atom. The molecule has 1 nitrogen and oxygen atoms in total. The number of hydrogen-bond donors (Lipinski definition) is 0. The molecule has 5 heavy (non-hydrogen) atoms. The van der Waals surface area contributed by atoms with Gasteiger partial charge in [0.2, 0.25) is 0 Å². The van der Waals surface area contributed by atoms with Gasteiger partial charge in [-0.05, 0) is 11.8 Å². The summed E-state index contributed by atoms with van der Waals surface area (Å²) >= 11 is 1.14. The van der Waals surface area contributed by atoms with Crippen LogP contribution in [0.5, 0.6) is 0 Å². The number of nitrogens with zero attached hydrogens (tertiary/aromatic N) is 1. The molecule has 0 amide bonds. The summed E-state index contributed by atoms with van der Waals surface area (Å²) in [7, 11) is 0. The maximum Gasteiger partial charge on any atom is 0.133 e. The Bertz CT molecular complexity index is 45.3. The fourth-order valence-corrected chi connectivity index (χ4v) is 0.158. The molecule has 0 aromatic carbocycles. The molecule has 0 saturated carbocycles. The topological polar surface area (TPSA) is 23.8 Å². The molecule has 0 aliphatic carbocycles. The molecule has 0 aliphatic rings. The lowest BCUT2D eigenvalue weighted by Gasteiger charge is -1.64. The van der Waals surface area contributed by atoms with Crippen molar-refractivity contribution in [2.24, 2.45) is 0 Å². The Labute approximate surface area is 36.0 Å². The highest BCUT2D eigenvalue weighted by atomic mass is 32.2. The molecule has 0 aliphatic heterocycles. The van der Waals surface area contributed by atoms with Crippen LogP contribution in [0.1, 0.15) is 6.92 Å². The van der Waals surface area contributed by atoms with Gasteiger partial charge >= 0.3 is 0 Å². The van der Waals surface area contributed by atoms with Crippen LogP contribution in [0.25, 0.3) is 0 Å². The van der Waals surface area contributed by atoms with Crippen LogP contribution in [-0.2, 0) is 0 Å². The number of hydrogen-bond acceptors (Lipinski definition) is 2. The Kier molecular flexibility index (Phi) is 3.72. The van der Waals surface area contributed by atoms with Crippen molar-refractivity contribution in [3.05, 3.63) is 5.75 Å². The second-order valence-corrected chi connectivity index (χ2v) is 1.33.